The fraction of sp³-hybridized carbons (Fsp3) is 0.0714. The summed E-state index contributed by atoms with van der Waals surface area (Å²) in [6.07, 6.45) is 0. The summed E-state index contributed by atoms with van der Waals surface area (Å²) < 4.78 is 10.9. The van der Waals surface area contributed by atoms with Gasteiger partial charge in [-0.15, -0.1) is 0 Å². The Morgan fingerprint density at radius 1 is 1.22 bits per heavy atom. The first-order valence-corrected chi connectivity index (χ1v) is 5.44. The lowest BCUT2D eigenvalue weighted by atomic mass is 10.1. The molecule has 90 valence electrons. The summed E-state index contributed by atoms with van der Waals surface area (Å²) in [6.45, 7) is 0. The quantitative estimate of drug-likeness (QED) is 0.749. The van der Waals surface area contributed by atoms with Gasteiger partial charge in [-0.25, -0.2) is 4.79 Å². The fourth-order valence-electron chi connectivity index (χ4n) is 2.14. The molecule has 0 fully saturated rings. The number of methoxy groups -OCH3 is 1. The van der Waals surface area contributed by atoms with Crippen molar-refractivity contribution in [1.29, 1.82) is 0 Å². The van der Waals surface area contributed by atoms with Gasteiger partial charge in [-0.3, -0.25) is 0 Å². The van der Waals surface area contributed by atoms with Gasteiger partial charge >= 0.3 is 5.97 Å². The first-order chi connectivity index (χ1) is 8.72. The largest absolute Gasteiger partial charge is 0.496 e. The molecule has 0 unspecified atom stereocenters. The van der Waals surface area contributed by atoms with Gasteiger partial charge in [-0.05, 0) is 18.2 Å². The zero-order valence-corrected chi connectivity index (χ0v) is 9.64. The van der Waals surface area contributed by atoms with Crippen LogP contribution >= 0.6 is 0 Å². The van der Waals surface area contributed by atoms with Gasteiger partial charge in [0.25, 0.3) is 0 Å². The van der Waals surface area contributed by atoms with Crippen LogP contribution in [0.15, 0.2) is 40.8 Å². The average Bonchev–Trinajstić information content (AvgIpc) is 2.76. The van der Waals surface area contributed by atoms with Crippen LogP contribution in [-0.4, -0.2) is 18.2 Å². The zero-order valence-electron chi connectivity index (χ0n) is 9.64. The predicted octanol–water partition coefficient (Wildman–Crippen LogP) is 3.29. The summed E-state index contributed by atoms with van der Waals surface area (Å²) in [5.41, 5.74) is 1.14. The van der Waals surface area contributed by atoms with E-state index in [-0.39, 0.29) is 5.56 Å². The third-order valence-electron chi connectivity index (χ3n) is 2.94. The normalized spacial score (nSPS) is 10.9. The van der Waals surface area contributed by atoms with Gasteiger partial charge in [0, 0.05) is 5.39 Å². The molecular formula is C14H10O4. The van der Waals surface area contributed by atoms with Crippen LogP contribution in [-0.2, 0) is 0 Å². The van der Waals surface area contributed by atoms with Gasteiger partial charge in [-0.2, -0.15) is 0 Å². The molecule has 0 bridgehead atoms. The van der Waals surface area contributed by atoms with Crippen LogP contribution in [0.1, 0.15) is 10.4 Å². The fourth-order valence-corrected chi connectivity index (χ4v) is 2.14. The van der Waals surface area contributed by atoms with E-state index in [1.54, 1.807) is 19.2 Å². The van der Waals surface area contributed by atoms with Crippen LogP contribution in [0.3, 0.4) is 0 Å². The van der Waals surface area contributed by atoms with E-state index in [4.69, 9.17) is 9.15 Å². The molecule has 0 spiro atoms. The van der Waals surface area contributed by atoms with Crippen molar-refractivity contribution >= 4 is 27.9 Å². The summed E-state index contributed by atoms with van der Waals surface area (Å²) in [5, 5.41) is 10.7. The Kier molecular flexibility index (Phi) is 2.23. The molecule has 0 saturated heterocycles. The number of carboxylic acid groups (broad SMARTS) is 1. The minimum atomic E-state index is -1.01. The standard InChI is InChI=1S/C14H10O4/c1-17-11-7-6-9(14(15)16)13-12(11)8-4-2-3-5-10(8)18-13/h2-7H,1H3,(H,15,16). The Balaban J connectivity index is 2.55. The van der Waals surface area contributed by atoms with Gasteiger partial charge in [0.05, 0.1) is 12.5 Å². The average molecular weight is 242 g/mol. The number of carbonyl (C=O) groups is 1. The minimum absolute atomic E-state index is 0.141. The summed E-state index contributed by atoms with van der Waals surface area (Å²) >= 11 is 0. The molecule has 1 heterocycles. The van der Waals surface area contributed by atoms with Gasteiger partial charge in [0.1, 0.15) is 16.9 Å². The lowest BCUT2D eigenvalue weighted by Gasteiger charge is -2.03. The molecule has 3 aromatic rings. The Bertz CT molecular complexity index is 755. The van der Waals surface area contributed by atoms with Crippen molar-refractivity contribution in [2.45, 2.75) is 0 Å². The van der Waals surface area contributed by atoms with Gasteiger partial charge in [0.2, 0.25) is 0 Å². The van der Waals surface area contributed by atoms with Crippen molar-refractivity contribution < 1.29 is 19.1 Å². The molecule has 18 heavy (non-hydrogen) atoms. The van der Waals surface area contributed by atoms with E-state index in [0.717, 1.165) is 5.39 Å². The molecule has 1 N–H and O–H groups in total. The molecule has 0 radical (unpaired) electrons. The van der Waals surface area contributed by atoms with E-state index in [2.05, 4.69) is 0 Å². The predicted molar refractivity (Wildman–Crippen MR) is 67.2 cm³/mol. The van der Waals surface area contributed by atoms with Crippen molar-refractivity contribution in [3.05, 3.63) is 42.0 Å². The number of fused-ring (bicyclic) bond motifs is 3. The van der Waals surface area contributed by atoms with Crippen molar-refractivity contribution in [3.8, 4) is 5.75 Å². The van der Waals surface area contributed by atoms with E-state index >= 15 is 0 Å². The van der Waals surface area contributed by atoms with Crippen LogP contribution in [0.25, 0.3) is 21.9 Å². The van der Waals surface area contributed by atoms with Crippen LogP contribution in [0.4, 0.5) is 0 Å². The molecule has 0 aliphatic rings. The third-order valence-corrected chi connectivity index (χ3v) is 2.94. The molecule has 0 atom stereocenters. The number of hydrogen-bond donors (Lipinski definition) is 1. The molecule has 2 aromatic carbocycles. The topological polar surface area (TPSA) is 59.7 Å². The van der Waals surface area contributed by atoms with Crippen LogP contribution in [0.2, 0.25) is 0 Å². The van der Waals surface area contributed by atoms with Gasteiger partial charge < -0.3 is 14.3 Å². The number of ether oxygens (including phenoxy) is 1. The van der Waals surface area contributed by atoms with Gasteiger partial charge in [-0.1, -0.05) is 18.2 Å². The van der Waals surface area contributed by atoms with Crippen molar-refractivity contribution in [3.63, 3.8) is 0 Å². The summed E-state index contributed by atoms with van der Waals surface area (Å²) in [5.74, 6) is -0.401. The highest BCUT2D eigenvalue weighted by Crippen LogP contribution is 2.37. The molecule has 1 aromatic heterocycles. The van der Waals surface area contributed by atoms with E-state index in [0.29, 0.717) is 22.3 Å². The van der Waals surface area contributed by atoms with Crippen LogP contribution in [0.5, 0.6) is 5.75 Å². The highest BCUT2D eigenvalue weighted by molar-refractivity contribution is 6.14. The number of carboxylic acids is 1. The maximum absolute atomic E-state index is 11.2. The lowest BCUT2D eigenvalue weighted by molar-refractivity contribution is 0.0698. The maximum atomic E-state index is 11.2. The minimum Gasteiger partial charge on any atom is -0.496 e. The maximum Gasteiger partial charge on any atom is 0.339 e. The molecule has 0 amide bonds. The van der Waals surface area contributed by atoms with Crippen molar-refractivity contribution in [1.82, 2.24) is 0 Å². The van der Waals surface area contributed by atoms with E-state index in [1.807, 2.05) is 18.2 Å². The first-order valence-electron chi connectivity index (χ1n) is 5.44. The second-order valence-corrected chi connectivity index (χ2v) is 3.92. The van der Waals surface area contributed by atoms with Crippen LogP contribution < -0.4 is 4.74 Å². The Morgan fingerprint density at radius 3 is 2.72 bits per heavy atom. The smallest absolute Gasteiger partial charge is 0.339 e. The molecule has 4 heteroatoms. The SMILES string of the molecule is COc1ccc(C(=O)O)c2oc3ccccc3c12. The molecule has 0 aliphatic heterocycles. The number of benzene rings is 2. The second-order valence-electron chi connectivity index (χ2n) is 3.92. The highest BCUT2D eigenvalue weighted by Gasteiger charge is 2.18. The van der Waals surface area contributed by atoms with Crippen molar-refractivity contribution in [2.24, 2.45) is 0 Å². The lowest BCUT2D eigenvalue weighted by Crippen LogP contribution is -1.97. The number of rotatable bonds is 2. The highest BCUT2D eigenvalue weighted by atomic mass is 16.5. The Labute approximate surface area is 102 Å². The molecule has 3 rings (SSSR count). The number of furan rings is 1. The molecular weight excluding hydrogens is 232 g/mol. The molecule has 0 aliphatic carbocycles. The van der Waals surface area contributed by atoms with Gasteiger partial charge in [0.15, 0.2) is 5.58 Å². The molecule has 0 saturated carbocycles. The first kappa shape index (κ1) is 10.7. The number of hydrogen-bond acceptors (Lipinski definition) is 3. The summed E-state index contributed by atoms with van der Waals surface area (Å²) in [7, 11) is 1.55. The number of para-hydroxylation sites is 1. The van der Waals surface area contributed by atoms with E-state index in [1.165, 1.54) is 6.07 Å². The summed E-state index contributed by atoms with van der Waals surface area (Å²) in [6, 6.07) is 10.6. The Morgan fingerprint density at radius 2 is 2.00 bits per heavy atom. The third kappa shape index (κ3) is 1.35. The van der Waals surface area contributed by atoms with E-state index in [9.17, 15) is 9.90 Å². The second kappa shape index (κ2) is 3.77. The van der Waals surface area contributed by atoms with E-state index < -0.39 is 5.97 Å². The number of aromatic carboxylic acids is 1. The van der Waals surface area contributed by atoms with Crippen LogP contribution in [0, 0.1) is 0 Å². The molecule has 4 nitrogen and oxygen atoms in total. The zero-order chi connectivity index (χ0) is 12.7. The van der Waals surface area contributed by atoms with Crippen molar-refractivity contribution in [2.75, 3.05) is 7.11 Å². The summed E-state index contributed by atoms with van der Waals surface area (Å²) in [4.78, 5) is 11.2. The monoisotopic (exact) mass is 242 g/mol. The Hall–Kier alpha value is -2.49.